The maximum atomic E-state index is 5.61. The molecule has 20 heavy (non-hydrogen) atoms. The van der Waals surface area contributed by atoms with Gasteiger partial charge in [0, 0.05) is 15.7 Å². The second-order valence-corrected chi connectivity index (χ2v) is 6.18. The molecule has 6 heteroatoms. The number of benzene rings is 2. The normalized spacial score (nSPS) is 10.2. The van der Waals surface area contributed by atoms with Crippen LogP contribution >= 0.6 is 44.1 Å². The Kier molecular flexibility index (Phi) is 5.01. The van der Waals surface area contributed by atoms with E-state index in [9.17, 15) is 0 Å². The lowest BCUT2D eigenvalue weighted by Gasteiger charge is -2.11. The molecule has 2 rings (SSSR count). The molecule has 0 saturated carbocycles. The van der Waals surface area contributed by atoms with E-state index >= 15 is 0 Å². The summed E-state index contributed by atoms with van der Waals surface area (Å²) in [6.45, 7) is 0. The summed E-state index contributed by atoms with van der Waals surface area (Å²) in [4.78, 5) is 0.379. The van der Waals surface area contributed by atoms with Crippen LogP contribution in [-0.2, 0) is 0 Å². The van der Waals surface area contributed by atoms with Gasteiger partial charge < -0.3 is 15.8 Å². The summed E-state index contributed by atoms with van der Waals surface area (Å²) in [5.74, 6) is 0.790. The van der Waals surface area contributed by atoms with Crippen molar-refractivity contribution in [1.82, 2.24) is 0 Å². The molecule has 0 unspecified atom stereocenters. The van der Waals surface area contributed by atoms with Crippen LogP contribution in [0.4, 0.5) is 11.4 Å². The zero-order valence-electron chi connectivity index (χ0n) is 10.6. The summed E-state index contributed by atoms with van der Waals surface area (Å²) in [6.07, 6.45) is 0. The van der Waals surface area contributed by atoms with E-state index in [-0.39, 0.29) is 0 Å². The van der Waals surface area contributed by atoms with Crippen LogP contribution in [0, 0.1) is 0 Å². The molecule has 0 bridgehead atoms. The third-order valence-corrected chi connectivity index (χ3v) is 4.20. The van der Waals surface area contributed by atoms with Crippen LogP contribution in [0.2, 0.25) is 0 Å². The van der Waals surface area contributed by atoms with Crippen LogP contribution in [0.25, 0.3) is 0 Å². The molecule has 2 aromatic carbocycles. The molecule has 0 aliphatic heterocycles. The molecule has 0 amide bonds. The summed E-state index contributed by atoms with van der Waals surface area (Å²) in [7, 11) is 1.64. The molecule has 0 heterocycles. The van der Waals surface area contributed by atoms with E-state index in [4.69, 9.17) is 22.7 Å². The van der Waals surface area contributed by atoms with Crippen molar-refractivity contribution < 1.29 is 4.74 Å². The number of anilines is 2. The highest BCUT2D eigenvalue weighted by Gasteiger charge is 2.06. The molecule has 3 N–H and O–H groups in total. The van der Waals surface area contributed by atoms with Gasteiger partial charge in [0.2, 0.25) is 0 Å². The van der Waals surface area contributed by atoms with Crippen LogP contribution in [0.15, 0.2) is 45.3 Å². The van der Waals surface area contributed by atoms with E-state index in [2.05, 4.69) is 37.2 Å². The number of methoxy groups -OCH3 is 1. The summed E-state index contributed by atoms with van der Waals surface area (Å²) in [5.41, 5.74) is 8.31. The molecular formula is C14H12Br2N2OS. The molecule has 0 aliphatic rings. The Balaban J connectivity index is 2.26. The van der Waals surface area contributed by atoms with Crippen molar-refractivity contribution in [2.24, 2.45) is 5.73 Å². The van der Waals surface area contributed by atoms with Crippen molar-refractivity contribution in [3.8, 4) is 5.75 Å². The number of nitrogens with two attached hydrogens (primary N) is 1. The second-order valence-electron chi connectivity index (χ2n) is 4.03. The Hall–Kier alpha value is -1.11. The predicted octanol–water partition coefficient (Wildman–Crippen LogP) is 4.60. The molecule has 0 saturated heterocycles. The average Bonchev–Trinajstić information content (AvgIpc) is 2.41. The van der Waals surface area contributed by atoms with E-state index in [1.165, 1.54) is 0 Å². The first kappa shape index (κ1) is 15.3. The topological polar surface area (TPSA) is 47.3 Å². The smallest absolute Gasteiger partial charge is 0.133 e. The molecular weight excluding hydrogens is 404 g/mol. The van der Waals surface area contributed by atoms with Gasteiger partial charge in [-0.25, -0.2) is 0 Å². The largest absolute Gasteiger partial charge is 0.496 e. The van der Waals surface area contributed by atoms with Gasteiger partial charge in [-0.05, 0) is 68.3 Å². The standard InChI is InChI=1S/C14H12Br2N2OS/c1-19-13-5-3-9(7-11(13)16)18-12-4-2-8(14(17)20)6-10(12)15/h2-7,18H,1H3,(H2,17,20). The molecule has 0 spiro atoms. The molecule has 0 atom stereocenters. The highest BCUT2D eigenvalue weighted by molar-refractivity contribution is 9.11. The quantitative estimate of drug-likeness (QED) is 0.716. The van der Waals surface area contributed by atoms with Crippen LogP contribution in [-0.4, -0.2) is 12.1 Å². The second kappa shape index (κ2) is 6.56. The molecule has 0 aromatic heterocycles. The fourth-order valence-corrected chi connectivity index (χ4v) is 2.81. The minimum atomic E-state index is 0.379. The molecule has 0 fully saturated rings. The minimum absolute atomic E-state index is 0.379. The highest BCUT2D eigenvalue weighted by Crippen LogP contribution is 2.31. The maximum absolute atomic E-state index is 5.61. The Morgan fingerprint density at radius 1 is 1.15 bits per heavy atom. The Labute approximate surface area is 139 Å². The van der Waals surface area contributed by atoms with Crippen LogP contribution in [0.1, 0.15) is 5.56 Å². The van der Waals surface area contributed by atoms with E-state index in [1.54, 1.807) is 7.11 Å². The maximum Gasteiger partial charge on any atom is 0.133 e. The van der Waals surface area contributed by atoms with Crippen molar-refractivity contribution in [2.45, 2.75) is 0 Å². The Morgan fingerprint density at radius 3 is 2.45 bits per heavy atom. The minimum Gasteiger partial charge on any atom is -0.496 e. The Bertz CT molecular complexity index is 662. The van der Waals surface area contributed by atoms with Crippen molar-refractivity contribution in [2.75, 3.05) is 12.4 Å². The molecule has 3 nitrogen and oxygen atoms in total. The number of thiocarbonyl (C=S) groups is 1. The summed E-state index contributed by atoms with van der Waals surface area (Å²) in [5, 5.41) is 3.31. The molecule has 0 aliphatic carbocycles. The van der Waals surface area contributed by atoms with Gasteiger partial charge in [0.1, 0.15) is 10.7 Å². The van der Waals surface area contributed by atoms with Crippen molar-refractivity contribution in [1.29, 1.82) is 0 Å². The van der Waals surface area contributed by atoms with Gasteiger partial charge in [0.05, 0.1) is 17.3 Å². The van der Waals surface area contributed by atoms with Gasteiger partial charge in [-0.3, -0.25) is 0 Å². The van der Waals surface area contributed by atoms with Gasteiger partial charge in [-0.15, -0.1) is 0 Å². The molecule has 2 aromatic rings. The molecule has 0 radical (unpaired) electrons. The van der Waals surface area contributed by atoms with Gasteiger partial charge in [0.25, 0.3) is 0 Å². The number of hydrogen-bond acceptors (Lipinski definition) is 3. The summed E-state index contributed by atoms with van der Waals surface area (Å²) >= 11 is 11.9. The lowest BCUT2D eigenvalue weighted by Crippen LogP contribution is -2.09. The molecule has 104 valence electrons. The van der Waals surface area contributed by atoms with Crippen LogP contribution in [0.3, 0.4) is 0 Å². The monoisotopic (exact) mass is 414 g/mol. The van der Waals surface area contributed by atoms with E-state index in [1.807, 2.05) is 36.4 Å². The third kappa shape index (κ3) is 3.50. The van der Waals surface area contributed by atoms with E-state index < -0.39 is 0 Å². The third-order valence-electron chi connectivity index (χ3n) is 2.68. The SMILES string of the molecule is COc1ccc(Nc2ccc(C(N)=S)cc2Br)cc1Br. The number of hydrogen-bond donors (Lipinski definition) is 2. The first-order valence-electron chi connectivity index (χ1n) is 5.71. The lowest BCUT2D eigenvalue weighted by atomic mass is 10.2. The zero-order chi connectivity index (χ0) is 14.7. The fraction of sp³-hybridized carbons (Fsp3) is 0.0714. The zero-order valence-corrected chi connectivity index (χ0v) is 14.6. The van der Waals surface area contributed by atoms with Gasteiger partial charge in [0.15, 0.2) is 0 Å². The van der Waals surface area contributed by atoms with Gasteiger partial charge >= 0.3 is 0 Å². The number of halogens is 2. The van der Waals surface area contributed by atoms with Crippen molar-refractivity contribution >= 4 is 60.4 Å². The number of rotatable bonds is 4. The van der Waals surface area contributed by atoms with E-state index in [0.717, 1.165) is 31.6 Å². The van der Waals surface area contributed by atoms with E-state index in [0.29, 0.717) is 4.99 Å². The van der Waals surface area contributed by atoms with Crippen LogP contribution < -0.4 is 15.8 Å². The number of ether oxygens (including phenoxy) is 1. The summed E-state index contributed by atoms with van der Waals surface area (Å²) in [6, 6.07) is 11.5. The van der Waals surface area contributed by atoms with Gasteiger partial charge in [-0.1, -0.05) is 12.2 Å². The number of nitrogens with one attached hydrogen (secondary N) is 1. The lowest BCUT2D eigenvalue weighted by molar-refractivity contribution is 0.412. The fourth-order valence-electron chi connectivity index (χ4n) is 1.67. The van der Waals surface area contributed by atoms with Crippen LogP contribution in [0.5, 0.6) is 5.75 Å². The summed E-state index contributed by atoms with van der Waals surface area (Å²) < 4.78 is 6.99. The Morgan fingerprint density at radius 2 is 1.90 bits per heavy atom. The van der Waals surface area contributed by atoms with Gasteiger partial charge in [-0.2, -0.15) is 0 Å². The highest BCUT2D eigenvalue weighted by atomic mass is 79.9. The average molecular weight is 416 g/mol. The predicted molar refractivity (Wildman–Crippen MR) is 94.0 cm³/mol. The first-order chi connectivity index (χ1) is 9.51. The first-order valence-corrected chi connectivity index (χ1v) is 7.70. The van der Waals surface area contributed by atoms with Crippen molar-refractivity contribution in [3.63, 3.8) is 0 Å². The van der Waals surface area contributed by atoms with Crippen molar-refractivity contribution in [3.05, 3.63) is 50.9 Å².